The Hall–Kier alpha value is -0.180. The monoisotopic (exact) mass is 275 g/mol. The van der Waals surface area contributed by atoms with E-state index in [-0.39, 0.29) is 12.8 Å². The molecule has 1 unspecified atom stereocenters. The smallest absolute Gasteiger partial charge is 0.248 e. The lowest BCUT2D eigenvalue weighted by molar-refractivity contribution is -0.0496. The number of nitrogens with one attached hydrogen (secondary N) is 1. The number of hydrogen-bond donors (Lipinski definition) is 1. The molecule has 0 heterocycles. The molecule has 114 valence electrons. The summed E-state index contributed by atoms with van der Waals surface area (Å²) in [5, 5.41) is 3.36. The van der Waals surface area contributed by atoms with E-state index in [2.05, 4.69) is 12.2 Å². The minimum Gasteiger partial charge on any atom is -0.317 e. The fourth-order valence-electron chi connectivity index (χ4n) is 3.23. The number of hydrogen-bond acceptors (Lipinski definition) is 1. The summed E-state index contributed by atoms with van der Waals surface area (Å²) in [5.41, 5.74) is 0. The van der Waals surface area contributed by atoms with Gasteiger partial charge < -0.3 is 5.32 Å². The van der Waals surface area contributed by atoms with Crippen molar-refractivity contribution in [2.75, 3.05) is 7.05 Å². The predicted molar refractivity (Wildman–Crippen MR) is 77.7 cm³/mol. The standard InChI is InChI=1S/C16H31F2N/c1-3-4-5-6-7-8-9-15(19-2)14-10-12-16(17,18)13-11-14/h14-15,19H,3-13H2,1-2H3. The van der Waals surface area contributed by atoms with Gasteiger partial charge >= 0.3 is 0 Å². The SMILES string of the molecule is CCCCCCCCC(NC)C1CCC(F)(F)CC1. The van der Waals surface area contributed by atoms with Gasteiger partial charge in [-0.05, 0) is 32.2 Å². The molecule has 0 radical (unpaired) electrons. The van der Waals surface area contributed by atoms with Crippen LogP contribution in [0.1, 0.15) is 77.6 Å². The van der Waals surface area contributed by atoms with E-state index in [1.807, 2.05) is 7.05 Å². The molecule has 0 aliphatic heterocycles. The topological polar surface area (TPSA) is 12.0 Å². The Balaban J connectivity index is 2.15. The zero-order valence-corrected chi connectivity index (χ0v) is 12.7. The first kappa shape index (κ1) is 16.9. The minimum atomic E-state index is -2.39. The van der Waals surface area contributed by atoms with Crippen LogP contribution in [0, 0.1) is 5.92 Å². The first-order valence-corrected chi connectivity index (χ1v) is 8.14. The minimum absolute atomic E-state index is 0.0896. The van der Waals surface area contributed by atoms with Crippen LogP contribution >= 0.6 is 0 Å². The Bertz CT molecular complexity index is 221. The van der Waals surface area contributed by atoms with Crippen LogP contribution in [0.25, 0.3) is 0 Å². The number of halogens is 2. The van der Waals surface area contributed by atoms with E-state index in [9.17, 15) is 8.78 Å². The van der Waals surface area contributed by atoms with Crippen LogP contribution in [0.4, 0.5) is 8.78 Å². The van der Waals surface area contributed by atoms with Gasteiger partial charge in [0.15, 0.2) is 0 Å². The molecule has 0 spiro atoms. The molecule has 1 nitrogen and oxygen atoms in total. The van der Waals surface area contributed by atoms with Gasteiger partial charge in [-0.2, -0.15) is 0 Å². The lowest BCUT2D eigenvalue weighted by Crippen LogP contribution is -2.38. The fourth-order valence-corrected chi connectivity index (χ4v) is 3.23. The summed E-state index contributed by atoms with van der Waals surface area (Å²) in [6, 6.07) is 0.447. The second kappa shape index (κ2) is 8.89. The van der Waals surface area contributed by atoms with E-state index < -0.39 is 5.92 Å². The molecule has 1 saturated carbocycles. The molecule has 1 rings (SSSR count). The first-order chi connectivity index (χ1) is 9.09. The van der Waals surface area contributed by atoms with Gasteiger partial charge in [-0.25, -0.2) is 8.78 Å². The van der Waals surface area contributed by atoms with Gasteiger partial charge in [0.05, 0.1) is 0 Å². The number of rotatable bonds is 9. The van der Waals surface area contributed by atoms with Crippen molar-refractivity contribution in [3.05, 3.63) is 0 Å². The molecule has 0 aromatic rings. The van der Waals surface area contributed by atoms with Gasteiger partial charge in [0.25, 0.3) is 0 Å². The average Bonchev–Trinajstić information content (AvgIpc) is 2.39. The van der Waals surface area contributed by atoms with E-state index in [0.29, 0.717) is 24.8 Å². The van der Waals surface area contributed by atoms with Crippen molar-refractivity contribution in [1.82, 2.24) is 5.32 Å². The first-order valence-electron chi connectivity index (χ1n) is 8.14. The van der Waals surface area contributed by atoms with Gasteiger partial charge in [0.1, 0.15) is 0 Å². The highest BCUT2D eigenvalue weighted by Crippen LogP contribution is 2.38. The highest BCUT2D eigenvalue weighted by Gasteiger charge is 2.36. The second-order valence-corrected chi connectivity index (χ2v) is 6.14. The van der Waals surface area contributed by atoms with Crippen LogP contribution in [0.2, 0.25) is 0 Å². The molecule has 3 heteroatoms. The molecular weight excluding hydrogens is 244 g/mol. The molecule has 0 aromatic heterocycles. The van der Waals surface area contributed by atoms with E-state index in [1.165, 1.54) is 38.5 Å². The quantitative estimate of drug-likeness (QED) is 0.574. The predicted octanol–water partition coefficient (Wildman–Crippen LogP) is 5.15. The van der Waals surface area contributed by atoms with Crippen LogP contribution in [0.5, 0.6) is 0 Å². The maximum Gasteiger partial charge on any atom is 0.248 e. The second-order valence-electron chi connectivity index (χ2n) is 6.14. The van der Waals surface area contributed by atoms with Gasteiger partial charge in [-0.1, -0.05) is 45.4 Å². The molecule has 1 fully saturated rings. The Morgan fingerprint density at radius 1 is 1.05 bits per heavy atom. The summed E-state index contributed by atoms with van der Waals surface area (Å²) in [6.45, 7) is 2.23. The Kier molecular flexibility index (Phi) is 7.89. The van der Waals surface area contributed by atoms with E-state index >= 15 is 0 Å². The number of unbranched alkanes of at least 4 members (excludes halogenated alkanes) is 5. The highest BCUT2D eigenvalue weighted by molar-refractivity contribution is 4.84. The molecule has 19 heavy (non-hydrogen) atoms. The van der Waals surface area contributed by atoms with Crippen molar-refractivity contribution < 1.29 is 8.78 Å². The summed E-state index contributed by atoms with van der Waals surface area (Å²) < 4.78 is 26.3. The summed E-state index contributed by atoms with van der Waals surface area (Å²) in [5.74, 6) is -1.94. The maximum atomic E-state index is 13.1. The van der Waals surface area contributed by atoms with E-state index in [1.54, 1.807) is 0 Å². The largest absolute Gasteiger partial charge is 0.317 e. The Labute approximate surface area is 117 Å². The molecule has 1 aliphatic rings. The molecule has 0 amide bonds. The summed E-state index contributed by atoms with van der Waals surface area (Å²) in [6.07, 6.45) is 10.5. The molecular formula is C16H31F2N. The molecule has 1 atom stereocenters. The third-order valence-corrected chi connectivity index (χ3v) is 4.57. The van der Waals surface area contributed by atoms with Crippen molar-refractivity contribution in [3.8, 4) is 0 Å². The van der Waals surface area contributed by atoms with Gasteiger partial charge in [-0.15, -0.1) is 0 Å². The molecule has 1 N–H and O–H groups in total. The van der Waals surface area contributed by atoms with E-state index in [0.717, 1.165) is 6.42 Å². The van der Waals surface area contributed by atoms with Crippen LogP contribution in [0.3, 0.4) is 0 Å². The van der Waals surface area contributed by atoms with Crippen molar-refractivity contribution in [3.63, 3.8) is 0 Å². The maximum absolute atomic E-state index is 13.1. The zero-order chi connectivity index (χ0) is 14.1. The zero-order valence-electron chi connectivity index (χ0n) is 12.7. The van der Waals surface area contributed by atoms with Crippen molar-refractivity contribution in [2.24, 2.45) is 5.92 Å². The van der Waals surface area contributed by atoms with E-state index in [4.69, 9.17) is 0 Å². The third kappa shape index (κ3) is 6.69. The molecule has 0 bridgehead atoms. The van der Waals surface area contributed by atoms with Crippen molar-refractivity contribution >= 4 is 0 Å². The number of alkyl halides is 2. The normalized spacial score (nSPS) is 21.5. The van der Waals surface area contributed by atoms with Crippen molar-refractivity contribution in [2.45, 2.75) is 89.5 Å². The van der Waals surface area contributed by atoms with Crippen LogP contribution in [-0.2, 0) is 0 Å². The summed E-state index contributed by atoms with van der Waals surface area (Å²) >= 11 is 0. The van der Waals surface area contributed by atoms with Gasteiger partial charge in [-0.3, -0.25) is 0 Å². The molecule has 1 aliphatic carbocycles. The third-order valence-electron chi connectivity index (χ3n) is 4.57. The fraction of sp³-hybridized carbons (Fsp3) is 1.00. The average molecular weight is 275 g/mol. The summed E-state index contributed by atoms with van der Waals surface area (Å²) in [7, 11) is 1.98. The highest BCUT2D eigenvalue weighted by atomic mass is 19.3. The van der Waals surface area contributed by atoms with Crippen LogP contribution in [0.15, 0.2) is 0 Å². The molecule has 0 aromatic carbocycles. The lowest BCUT2D eigenvalue weighted by atomic mass is 9.80. The summed E-state index contributed by atoms with van der Waals surface area (Å²) in [4.78, 5) is 0. The Morgan fingerprint density at radius 2 is 1.63 bits per heavy atom. The van der Waals surface area contributed by atoms with Crippen LogP contribution < -0.4 is 5.32 Å². The molecule has 0 saturated heterocycles. The van der Waals surface area contributed by atoms with Crippen LogP contribution in [-0.4, -0.2) is 19.0 Å². The van der Waals surface area contributed by atoms with Crippen molar-refractivity contribution in [1.29, 1.82) is 0 Å². The lowest BCUT2D eigenvalue weighted by Gasteiger charge is -2.33. The van der Waals surface area contributed by atoms with Gasteiger partial charge in [0.2, 0.25) is 5.92 Å². The van der Waals surface area contributed by atoms with Gasteiger partial charge in [0, 0.05) is 18.9 Å². The Morgan fingerprint density at radius 3 is 2.21 bits per heavy atom.